The Morgan fingerprint density at radius 3 is 1.80 bits per heavy atom. The van der Waals surface area contributed by atoms with Crippen molar-refractivity contribution in [2.24, 2.45) is 0 Å². The maximum Gasteiger partial charge on any atom is 0.152 e. The summed E-state index contributed by atoms with van der Waals surface area (Å²) in [6.45, 7) is 0. The third-order valence-corrected chi connectivity index (χ3v) is 9.64. The maximum absolute atomic E-state index is 7.23. The van der Waals surface area contributed by atoms with Crippen LogP contribution in [-0.2, 0) is 5.41 Å². The maximum atomic E-state index is 7.23. The van der Waals surface area contributed by atoms with E-state index in [-0.39, 0.29) is 12.1 Å². The van der Waals surface area contributed by atoms with Crippen molar-refractivity contribution in [2.45, 2.75) is 17.6 Å². The molecule has 0 bridgehead atoms. The number of benzene rings is 6. The standard InChI is InChI=1S/C43H31NO/c1-5-17-30(18-6-1)35-29-37-40(42-41(35)44(33-23-11-4-12-24-33)38-27-15-16-28-39(38)45-42)34-25-13-14-26-36(34)43(37,31-19-7-2-8-20-31)32-21-9-3-10-22-32/h1-29,38-39H. The van der Waals surface area contributed by atoms with Gasteiger partial charge in [-0.25, -0.2) is 0 Å². The summed E-state index contributed by atoms with van der Waals surface area (Å²) in [6.07, 6.45) is 8.60. The first-order valence-electron chi connectivity index (χ1n) is 15.7. The first-order valence-corrected chi connectivity index (χ1v) is 15.7. The van der Waals surface area contributed by atoms with Crippen LogP contribution in [0.5, 0.6) is 5.75 Å². The van der Waals surface area contributed by atoms with Crippen LogP contribution in [0.3, 0.4) is 0 Å². The van der Waals surface area contributed by atoms with E-state index >= 15 is 0 Å². The lowest BCUT2D eigenvalue weighted by Gasteiger charge is -2.44. The molecule has 45 heavy (non-hydrogen) atoms. The molecule has 0 aromatic heterocycles. The van der Waals surface area contributed by atoms with Crippen LogP contribution in [0, 0.1) is 0 Å². The minimum atomic E-state index is -0.521. The lowest BCUT2D eigenvalue weighted by atomic mass is 9.67. The van der Waals surface area contributed by atoms with E-state index in [4.69, 9.17) is 4.74 Å². The zero-order chi connectivity index (χ0) is 29.8. The second-order valence-corrected chi connectivity index (χ2v) is 12.0. The molecule has 2 aliphatic carbocycles. The molecule has 0 saturated heterocycles. The Bertz CT molecular complexity index is 2040. The van der Waals surface area contributed by atoms with Crippen LogP contribution in [0.15, 0.2) is 176 Å². The molecule has 2 unspecified atom stereocenters. The van der Waals surface area contributed by atoms with Gasteiger partial charge in [0.2, 0.25) is 0 Å². The number of hydrogen-bond donors (Lipinski definition) is 0. The zero-order valence-electron chi connectivity index (χ0n) is 24.8. The average molecular weight is 578 g/mol. The first kappa shape index (κ1) is 25.9. The molecule has 2 heteroatoms. The fourth-order valence-electron chi connectivity index (χ4n) is 7.83. The van der Waals surface area contributed by atoms with E-state index in [1.54, 1.807) is 0 Å². The topological polar surface area (TPSA) is 12.5 Å². The molecule has 0 spiro atoms. The van der Waals surface area contributed by atoms with Crippen LogP contribution in [0.2, 0.25) is 0 Å². The molecule has 1 aliphatic heterocycles. The number of nitrogens with zero attached hydrogens (tertiary/aromatic N) is 1. The third-order valence-electron chi connectivity index (χ3n) is 9.64. The molecule has 6 aromatic rings. The Hall–Kier alpha value is -5.60. The predicted octanol–water partition coefficient (Wildman–Crippen LogP) is 10.1. The summed E-state index contributed by atoms with van der Waals surface area (Å²) in [6, 6.07) is 55.0. The molecular weight excluding hydrogens is 546 g/mol. The normalized spacial score (nSPS) is 18.4. The first-order chi connectivity index (χ1) is 22.4. The molecule has 1 heterocycles. The highest BCUT2D eigenvalue weighted by Gasteiger charge is 2.50. The van der Waals surface area contributed by atoms with Gasteiger partial charge in [-0.3, -0.25) is 0 Å². The second-order valence-electron chi connectivity index (χ2n) is 12.0. The molecule has 0 amide bonds. The number of para-hydroxylation sites is 1. The van der Waals surface area contributed by atoms with Gasteiger partial charge in [0, 0.05) is 16.8 Å². The minimum Gasteiger partial charge on any atom is -0.481 e. The Labute approximate surface area is 264 Å². The molecular formula is C43H31NO. The Morgan fingerprint density at radius 2 is 1.11 bits per heavy atom. The van der Waals surface area contributed by atoms with Gasteiger partial charge in [0.15, 0.2) is 5.75 Å². The van der Waals surface area contributed by atoms with Crippen molar-refractivity contribution in [3.8, 4) is 28.0 Å². The highest BCUT2D eigenvalue weighted by Crippen LogP contribution is 2.63. The quantitative estimate of drug-likeness (QED) is 0.206. The molecule has 6 aromatic carbocycles. The summed E-state index contributed by atoms with van der Waals surface area (Å²) in [7, 11) is 0. The van der Waals surface area contributed by atoms with E-state index < -0.39 is 5.41 Å². The van der Waals surface area contributed by atoms with E-state index in [0.717, 1.165) is 17.1 Å². The van der Waals surface area contributed by atoms with Crippen molar-refractivity contribution >= 4 is 11.4 Å². The van der Waals surface area contributed by atoms with Crippen LogP contribution in [0.4, 0.5) is 11.4 Å². The summed E-state index contributed by atoms with van der Waals surface area (Å²) in [5.41, 5.74) is 11.5. The monoisotopic (exact) mass is 577 g/mol. The van der Waals surface area contributed by atoms with E-state index in [1.165, 1.54) is 44.5 Å². The second kappa shape index (κ2) is 10.2. The van der Waals surface area contributed by atoms with Crippen LogP contribution < -0.4 is 9.64 Å². The molecule has 0 N–H and O–H groups in total. The van der Waals surface area contributed by atoms with Gasteiger partial charge in [-0.15, -0.1) is 0 Å². The zero-order valence-corrected chi connectivity index (χ0v) is 24.8. The van der Waals surface area contributed by atoms with E-state index in [9.17, 15) is 0 Å². The number of ether oxygens (including phenoxy) is 1. The number of anilines is 2. The molecule has 0 fully saturated rings. The molecule has 3 aliphatic rings. The largest absolute Gasteiger partial charge is 0.481 e. The number of allylic oxidation sites excluding steroid dienone is 2. The molecule has 214 valence electrons. The van der Waals surface area contributed by atoms with Crippen molar-refractivity contribution in [3.05, 3.63) is 198 Å². The van der Waals surface area contributed by atoms with Gasteiger partial charge >= 0.3 is 0 Å². The van der Waals surface area contributed by atoms with Crippen molar-refractivity contribution in [1.29, 1.82) is 0 Å². The van der Waals surface area contributed by atoms with Crippen molar-refractivity contribution in [2.75, 3.05) is 4.90 Å². The SMILES string of the molecule is C1=CC2Oc3c4c(cc(-c5ccccc5)c3N(c3ccccc3)C2C=C1)C(c1ccccc1)(c1ccccc1)c1ccccc1-4. The van der Waals surface area contributed by atoms with E-state index in [2.05, 4.69) is 181 Å². The molecule has 2 nitrogen and oxygen atoms in total. The van der Waals surface area contributed by atoms with Crippen molar-refractivity contribution < 1.29 is 4.74 Å². The highest BCUT2D eigenvalue weighted by atomic mass is 16.5. The van der Waals surface area contributed by atoms with Crippen LogP contribution >= 0.6 is 0 Å². The van der Waals surface area contributed by atoms with Gasteiger partial charge in [0.05, 0.1) is 17.1 Å². The summed E-state index contributed by atoms with van der Waals surface area (Å²) >= 11 is 0. The van der Waals surface area contributed by atoms with Crippen LogP contribution in [-0.4, -0.2) is 12.1 Å². The Balaban J connectivity index is 1.47. The highest BCUT2D eigenvalue weighted by molar-refractivity contribution is 6.00. The number of rotatable bonds is 4. The lowest BCUT2D eigenvalue weighted by Crippen LogP contribution is -2.46. The van der Waals surface area contributed by atoms with Crippen molar-refractivity contribution in [1.82, 2.24) is 0 Å². The van der Waals surface area contributed by atoms with Gasteiger partial charge in [-0.2, -0.15) is 0 Å². The van der Waals surface area contributed by atoms with Crippen LogP contribution in [0.25, 0.3) is 22.3 Å². The minimum absolute atomic E-state index is 0.0232. The van der Waals surface area contributed by atoms with Crippen LogP contribution in [0.1, 0.15) is 22.3 Å². The lowest BCUT2D eigenvalue weighted by molar-refractivity contribution is 0.219. The summed E-state index contributed by atoms with van der Waals surface area (Å²) in [4.78, 5) is 2.50. The summed E-state index contributed by atoms with van der Waals surface area (Å²) in [5.74, 6) is 0.942. The van der Waals surface area contributed by atoms with Gasteiger partial charge in [-0.1, -0.05) is 152 Å². The van der Waals surface area contributed by atoms with Gasteiger partial charge < -0.3 is 9.64 Å². The smallest absolute Gasteiger partial charge is 0.152 e. The molecule has 9 rings (SSSR count). The molecule has 2 atom stereocenters. The fraction of sp³-hybridized carbons (Fsp3) is 0.0698. The molecule has 0 saturated carbocycles. The average Bonchev–Trinajstić information content (AvgIpc) is 3.43. The van der Waals surface area contributed by atoms with E-state index in [1.807, 2.05) is 0 Å². The Morgan fingerprint density at radius 1 is 0.533 bits per heavy atom. The van der Waals surface area contributed by atoms with Crippen molar-refractivity contribution in [3.63, 3.8) is 0 Å². The number of hydrogen-bond acceptors (Lipinski definition) is 2. The number of fused-ring (bicyclic) bond motifs is 6. The van der Waals surface area contributed by atoms with E-state index in [0.29, 0.717) is 0 Å². The van der Waals surface area contributed by atoms with Gasteiger partial charge in [0.1, 0.15) is 6.10 Å². The predicted molar refractivity (Wildman–Crippen MR) is 184 cm³/mol. The Kier molecular flexibility index (Phi) is 5.89. The molecule has 0 radical (unpaired) electrons. The van der Waals surface area contributed by atoms with Gasteiger partial charge in [-0.05, 0) is 57.7 Å². The fourth-order valence-corrected chi connectivity index (χ4v) is 7.83. The summed E-state index contributed by atoms with van der Waals surface area (Å²) < 4.78 is 7.23. The van der Waals surface area contributed by atoms with Gasteiger partial charge in [0.25, 0.3) is 0 Å². The third kappa shape index (κ3) is 3.76. The summed E-state index contributed by atoms with van der Waals surface area (Å²) in [5, 5.41) is 0.